The van der Waals surface area contributed by atoms with Crippen LogP contribution in [0.25, 0.3) is 0 Å². The summed E-state index contributed by atoms with van der Waals surface area (Å²) in [6, 6.07) is 3.71. The first-order chi connectivity index (χ1) is 8.88. The van der Waals surface area contributed by atoms with E-state index in [2.05, 4.69) is 10.3 Å². The average Bonchev–Trinajstić information content (AvgIpc) is 2.35. The van der Waals surface area contributed by atoms with Gasteiger partial charge in [0.15, 0.2) is 0 Å². The Bertz CT molecular complexity index is 468. The van der Waals surface area contributed by atoms with E-state index in [0.717, 1.165) is 12.1 Å². The molecule has 1 aromatic heterocycles. The minimum atomic E-state index is -4.53. The quantitative estimate of drug-likeness (QED) is 0.896. The lowest BCUT2D eigenvalue weighted by Crippen LogP contribution is -2.18. The van der Waals surface area contributed by atoms with E-state index in [1.165, 1.54) is 0 Å². The van der Waals surface area contributed by atoms with Crippen molar-refractivity contribution in [3.8, 4) is 6.07 Å². The van der Waals surface area contributed by atoms with Gasteiger partial charge in [-0.05, 0) is 18.1 Å². The lowest BCUT2D eigenvalue weighted by Gasteiger charge is -2.14. The summed E-state index contributed by atoms with van der Waals surface area (Å²) in [6.45, 7) is 2.71. The number of rotatable bonds is 5. The van der Waals surface area contributed by atoms with Crippen LogP contribution in [-0.4, -0.2) is 25.2 Å². The molecule has 4 nitrogen and oxygen atoms in total. The Balaban J connectivity index is 2.89. The van der Waals surface area contributed by atoms with E-state index >= 15 is 0 Å². The molecule has 1 aromatic rings. The lowest BCUT2D eigenvalue weighted by molar-refractivity contribution is -0.141. The molecule has 0 radical (unpaired) electrons. The highest BCUT2D eigenvalue weighted by atomic mass is 19.4. The maximum atomic E-state index is 12.5. The van der Waals surface area contributed by atoms with Crippen molar-refractivity contribution in [1.82, 2.24) is 4.98 Å². The van der Waals surface area contributed by atoms with E-state index in [4.69, 9.17) is 10.00 Å². The van der Waals surface area contributed by atoms with Gasteiger partial charge in [-0.1, -0.05) is 6.92 Å². The van der Waals surface area contributed by atoms with Crippen molar-refractivity contribution in [3.63, 3.8) is 0 Å². The molecule has 1 atom stereocenters. The van der Waals surface area contributed by atoms with Gasteiger partial charge in [0.05, 0.1) is 12.2 Å². The first-order valence-corrected chi connectivity index (χ1v) is 5.59. The predicted molar refractivity (Wildman–Crippen MR) is 63.5 cm³/mol. The van der Waals surface area contributed by atoms with Crippen LogP contribution in [0.5, 0.6) is 0 Å². The second-order valence-corrected chi connectivity index (χ2v) is 4.14. The SMILES string of the molecule is COCC(C)CNc1nc(C(F)(F)F)ccc1C#N. The number of nitriles is 1. The molecular formula is C12H14F3N3O. The fraction of sp³-hybridized carbons (Fsp3) is 0.500. The maximum absolute atomic E-state index is 12.5. The molecule has 104 valence electrons. The fourth-order valence-electron chi connectivity index (χ4n) is 1.46. The van der Waals surface area contributed by atoms with Gasteiger partial charge in [-0.3, -0.25) is 0 Å². The van der Waals surface area contributed by atoms with Gasteiger partial charge in [0.1, 0.15) is 17.6 Å². The van der Waals surface area contributed by atoms with Crippen LogP contribution in [0.4, 0.5) is 19.0 Å². The van der Waals surface area contributed by atoms with Crippen LogP contribution < -0.4 is 5.32 Å². The van der Waals surface area contributed by atoms with Gasteiger partial charge in [-0.15, -0.1) is 0 Å². The highest BCUT2D eigenvalue weighted by Crippen LogP contribution is 2.29. The highest BCUT2D eigenvalue weighted by Gasteiger charge is 2.33. The normalized spacial score (nSPS) is 12.8. The Labute approximate surface area is 109 Å². The van der Waals surface area contributed by atoms with Crippen molar-refractivity contribution in [3.05, 3.63) is 23.4 Å². The minimum Gasteiger partial charge on any atom is -0.384 e. The zero-order chi connectivity index (χ0) is 14.5. The largest absolute Gasteiger partial charge is 0.433 e. The molecule has 0 aromatic carbocycles. The summed E-state index contributed by atoms with van der Waals surface area (Å²) in [5, 5.41) is 11.6. The summed E-state index contributed by atoms with van der Waals surface area (Å²) in [4.78, 5) is 3.45. The standard InChI is InChI=1S/C12H14F3N3O/c1-8(7-19-2)6-17-11-9(5-16)3-4-10(18-11)12(13,14)15/h3-4,8H,6-7H2,1-2H3,(H,17,18). The van der Waals surface area contributed by atoms with Crippen LogP contribution in [0, 0.1) is 17.2 Å². The molecule has 0 saturated carbocycles. The third-order valence-electron chi connectivity index (χ3n) is 2.38. The van der Waals surface area contributed by atoms with E-state index in [0.29, 0.717) is 13.2 Å². The van der Waals surface area contributed by atoms with Gasteiger partial charge in [-0.25, -0.2) is 4.98 Å². The number of pyridine rings is 1. The number of alkyl halides is 3. The fourth-order valence-corrected chi connectivity index (χ4v) is 1.46. The van der Waals surface area contributed by atoms with Gasteiger partial charge in [0.2, 0.25) is 0 Å². The number of methoxy groups -OCH3 is 1. The lowest BCUT2D eigenvalue weighted by atomic mass is 10.2. The smallest absolute Gasteiger partial charge is 0.384 e. The van der Waals surface area contributed by atoms with E-state index in [1.807, 2.05) is 6.92 Å². The summed E-state index contributed by atoms with van der Waals surface area (Å²) < 4.78 is 42.5. The Morgan fingerprint density at radius 3 is 2.68 bits per heavy atom. The topological polar surface area (TPSA) is 57.9 Å². The van der Waals surface area contributed by atoms with Crippen LogP contribution in [0.1, 0.15) is 18.2 Å². The first kappa shape index (κ1) is 15.2. The number of hydrogen-bond donors (Lipinski definition) is 1. The van der Waals surface area contributed by atoms with Crippen LogP contribution in [-0.2, 0) is 10.9 Å². The summed E-state index contributed by atoms with van der Waals surface area (Å²) >= 11 is 0. The van der Waals surface area contributed by atoms with Crippen LogP contribution in [0.3, 0.4) is 0 Å². The molecule has 1 N–H and O–H groups in total. The van der Waals surface area contributed by atoms with Gasteiger partial charge in [0, 0.05) is 13.7 Å². The molecule has 0 aliphatic heterocycles. The maximum Gasteiger partial charge on any atom is 0.433 e. The zero-order valence-corrected chi connectivity index (χ0v) is 10.6. The molecule has 0 fully saturated rings. The molecule has 0 saturated heterocycles. The number of aromatic nitrogens is 1. The highest BCUT2D eigenvalue weighted by molar-refractivity contribution is 5.52. The predicted octanol–water partition coefficient (Wildman–Crippen LogP) is 2.67. The van der Waals surface area contributed by atoms with Gasteiger partial charge in [-0.2, -0.15) is 18.4 Å². The number of nitrogens with one attached hydrogen (secondary N) is 1. The number of halogens is 3. The number of hydrogen-bond acceptors (Lipinski definition) is 4. The van der Waals surface area contributed by atoms with Crippen molar-refractivity contribution >= 4 is 5.82 Å². The van der Waals surface area contributed by atoms with E-state index < -0.39 is 11.9 Å². The Morgan fingerprint density at radius 2 is 2.16 bits per heavy atom. The molecule has 0 bridgehead atoms. The number of ether oxygens (including phenoxy) is 1. The van der Waals surface area contributed by atoms with Gasteiger partial charge < -0.3 is 10.1 Å². The Kier molecular flexibility index (Phi) is 5.12. The second kappa shape index (κ2) is 6.38. The summed E-state index contributed by atoms with van der Waals surface area (Å²) in [6.07, 6.45) is -4.53. The molecular weight excluding hydrogens is 259 g/mol. The zero-order valence-electron chi connectivity index (χ0n) is 10.6. The molecule has 0 aliphatic rings. The van der Waals surface area contributed by atoms with Crippen molar-refractivity contribution in [2.24, 2.45) is 5.92 Å². The van der Waals surface area contributed by atoms with E-state index in [1.54, 1.807) is 13.2 Å². The molecule has 0 aliphatic carbocycles. The molecule has 0 amide bonds. The minimum absolute atomic E-state index is 0.0553. The molecule has 1 unspecified atom stereocenters. The van der Waals surface area contributed by atoms with Crippen LogP contribution >= 0.6 is 0 Å². The molecule has 7 heteroatoms. The second-order valence-electron chi connectivity index (χ2n) is 4.14. The van der Waals surface area contributed by atoms with Gasteiger partial charge >= 0.3 is 6.18 Å². The Hall–Kier alpha value is -1.81. The van der Waals surface area contributed by atoms with E-state index in [9.17, 15) is 13.2 Å². The van der Waals surface area contributed by atoms with Crippen LogP contribution in [0.2, 0.25) is 0 Å². The first-order valence-electron chi connectivity index (χ1n) is 5.59. The number of anilines is 1. The molecule has 0 spiro atoms. The molecule has 1 heterocycles. The van der Waals surface area contributed by atoms with Crippen molar-refractivity contribution < 1.29 is 17.9 Å². The van der Waals surface area contributed by atoms with Crippen LogP contribution in [0.15, 0.2) is 12.1 Å². The summed E-state index contributed by atoms with van der Waals surface area (Å²) in [5.41, 5.74) is -0.939. The van der Waals surface area contributed by atoms with Crippen molar-refractivity contribution in [2.75, 3.05) is 25.6 Å². The number of nitrogens with zero attached hydrogens (tertiary/aromatic N) is 2. The molecule has 19 heavy (non-hydrogen) atoms. The van der Waals surface area contributed by atoms with Crippen molar-refractivity contribution in [1.29, 1.82) is 5.26 Å². The Morgan fingerprint density at radius 1 is 1.47 bits per heavy atom. The van der Waals surface area contributed by atoms with Crippen molar-refractivity contribution in [2.45, 2.75) is 13.1 Å². The van der Waals surface area contributed by atoms with Gasteiger partial charge in [0.25, 0.3) is 0 Å². The third-order valence-corrected chi connectivity index (χ3v) is 2.38. The third kappa shape index (κ3) is 4.41. The summed E-state index contributed by atoms with van der Waals surface area (Å²) in [7, 11) is 1.54. The molecule has 1 rings (SSSR count). The average molecular weight is 273 g/mol. The summed E-state index contributed by atoms with van der Waals surface area (Å²) in [5.74, 6) is 0.0353. The monoisotopic (exact) mass is 273 g/mol. The van der Waals surface area contributed by atoms with E-state index in [-0.39, 0.29) is 17.3 Å².